The van der Waals surface area contributed by atoms with Gasteiger partial charge in [-0.25, -0.2) is 0 Å². The number of imide groups is 2. The normalized spacial score (nSPS) is 27.4. The van der Waals surface area contributed by atoms with Gasteiger partial charge in [0.1, 0.15) is 0 Å². The fourth-order valence-corrected chi connectivity index (χ4v) is 3.35. The molecule has 2 aliphatic heterocycles. The van der Waals surface area contributed by atoms with E-state index in [1.807, 2.05) is 0 Å². The van der Waals surface area contributed by atoms with Crippen molar-refractivity contribution in [2.75, 3.05) is 0 Å². The lowest BCUT2D eigenvalue weighted by molar-refractivity contribution is -0.149. The molecular formula is C16H24N2O4. The molecule has 2 rings (SSSR count). The second-order valence-corrected chi connectivity index (χ2v) is 8.10. The second-order valence-electron chi connectivity index (χ2n) is 8.10. The molecule has 0 aromatic rings. The maximum atomic E-state index is 12.6. The van der Waals surface area contributed by atoms with E-state index in [0.29, 0.717) is 0 Å². The average Bonchev–Trinajstić information content (AvgIpc) is 2.74. The summed E-state index contributed by atoms with van der Waals surface area (Å²) in [5.41, 5.74) is -1.23. The minimum atomic E-state index is -0.712. The molecule has 4 amide bonds. The van der Waals surface area contributed by atoms with Crippen molar-refractivity contribution in [3.8, 4) is 0 Å². The predicted octanol–water partition coefficient (Wildman–Crippen LogP) is 1.33. The number of amides is 4. The van der Waals surface area contributed by atoms with Gasteiger partial charge < -0.3 is 0 Å². The molecule has 0 bridgehead atoms. The van der Waals surface area contributed by atoms with Crippen LogP contribution in [0.2, 0.25) is 0 Å². The van der Waals surface area contributed by atoms with Gasteiger partial charge in [-0.1, -0.05) is 0 Å². The van der Waals surface area contributed by atoms with Crippen LogP contribution in [-0.4, -0.2) is 44.5 Å². The van der Waals surface area contributed by atoms with Gasteiger partial charge in [-0.3, -0.25) is 29.0 Å². The van der Waals surface area contributed by atoms with E-state index in [9.17, 15) is 19.2 Å². The molecule has 2 saturated heterocycles. The van der Waals surface area contributed by atoms with Crippen LogP contribution in [0.5, 0.6) is 0 Å². The zero-order valence-electron chi connectivity index (χ0n) is 14.1. The van der Waals surface area contributed by atoms with Crippen LogP contribution in [0.3, 0.4) is 0 Å². The van der Waals surface area contributed by atoms with Crippen molar-refractivity contribution in [3.63, 3.8) is 0 Å². The van der Waals surface area contributed by atoms with Crippen LogP contribution in [-0.2, 0) is 19.2 Å². The van der Waals surface area contributed by atoms with E-state index < -0.39 is 22.9 Å². The summed E-state index contributed by atoms with van der Waals surface area (Å²) in [6.45, 7) is 10.7. The third-order valence-corrected chi connectivity index (χ3v) is 4.19. The summed E-state index contributed by atoms with van der Waals surface area (Å²) in [4.78, 5) is 51.9. The zero-order valence-corrected chi connectivity index (χ0v) is 14.1. The van der Waals surface area contributed by atoms with Crippen molar-refractivity contribution >= 4 is 23.6 Å². The van der Waals surface area contributed by atoms with Crippen molar-refractivity contribution < 1.29 is 19.2 Å². The average molecular weight is 308 g/mol. The van der Waals surface area contributed by atoms with Gasteiger partial charge in [-0.2, -0.15) is 0 Å². The van der Waals surface area contributed by atoms with Gasteiger partial charge in [0.2, 0.25) is 23.6 Å². The van der Waals surface area contributed by atoms with Crippen molar-refractivity contribution in [1.29, 1.82) is 0 Å². The third kappa shape index (κ3) is 2.55. The molecule has 2 aliphatic rings. The van der Waals surface area contributed by atoms with Gasteiger partial charge in [-0.05, 0) is 41.5 Å². The number of hydrogen-bond donors (Lipinski definition) is 0. The Morgan fingerprint density at radius 1 is 0.682 bits per heavy atom. The fraction of sp³-hybridized carbons (Fsp3) is 0.750. The smallest absolute Gasteiger partial charge is 0.234 e. The van der Waals surface area contributed by atoms with Crippen LogP contribution < -0.4 is 0 Å². The van der Waals surface area contributed by atoms with Gasteiger partial charge in [0.15, 0.2) is 0 Å². The second kappa shape index (κ2) is 4.89. The molecule has 0 aromatic carbocycles. The highest BCUT2D eigenvalue weighted by Gasteiger charge is 2.54. The Bertz CT molecular complexity index is 503. The van der Waals surface area contributed by atoms with E-state index in [2.05, 4.69) is 0 Å². The first-order valence-corrected chi connectivity index (χ1v) is 7.59. The number of carbonyl (C=O) groups is 4. The molecule has 0 aromatic heterocycles. The first-order chi connectivity index (χ1) is 9.85. The molecule has 2 atom stereocenters. The largest absolute Gasteiger partial charge is 0.277 e. The minimum Gasteiger partial charge on any atom is -0.277 e. The number of likely N-dealkylation sites (tertiary alicyclic amines) is 2. The van der Waals surface area contributed by atoms with Gasteiger partial charge >= 0.3 is 0 Å². The highest BCUT2D eigenvalue weighted by Crippen LogP contribution is 2.38. The molecule has 22 heavy (non-hydrogen) atoms. The van der Waals surface area contributed by atoms with Crippen LogP contribution in [0.25, 0.3) is 0 Å². The molecule has 0 N–H and O–H groups in total. The highest BCUT2D eigenvalue weighted by atomic mass is 16.2. The maximum absolute atomic E-state index is 12.6. The lowest BCUT2D eigenvalue weighted by Crippen LogP contribution is -2.48. The summed E-state index contributed by atoms with van der Waals surface area (Å²) in [7, 11) is 0. The molecule has 2 heterocycles. The van der Waals surface area contributed by atoms with Crippen LogP contribution >= 0.6 is 0 Å². The molecule has 6 nitrogen and oxygen atoms in total. The molecule has 122 valence electrons. The Morgan fingerprint density at radius 2 is 0.955 bits per heavy atom. The fourth-order valence-electron chi connectivity index (χ4n) is 3.35. The summed E-state index contributed by atoms with van der Waals surface area (Å²) < 4.78 is 0. The number of hydrogen-bond acceptors (Lipinski definition) is 4. The SMILES string of the molecule is CC(C)(C)N1C(=O)CC(C2CC(=O)N(C(C)(C)C)C2=O)C1=O. The third-order valence-electron chi connectivity index (χ3n) is 4.19. The first-order valence-electron chi connectivity index (χ1n) is 7.59. The minimum absolute atomic E-state index is 0.0117. The van der Waals surface area contributed by atoms with Crippen molar-refractivity contribution in [1.82, 2.24) is 9.80 Å². The highest BCUT2D eigenvalue weighted by molar-refractivity contribution is 6.10. The molecule has 0 radical (unpaired) electrons. The van der Waals surface area contributed by atoms with Gasteiger partial charge in [0.25, 0.3) is 0 Å². The summed E-state index contributed by atoms with van der Waals surface area (Å²) >= 11 is 0. The van der Waals surface area contributed by atoms with E-state index in [1.165, 1.54) is 9.80 Å². The van der Waals surface area contributed by atoms with E-state index in [0.717, 1.165) is 0 Å². The summed E-state index contributed by atoms with van der Waals surface area (Å²) in [6.07, 6.45) is 0.0234. The number of carbonyl (C=O) groups excluding carboxylic acids is 4. The standard InChI is InChI=1S/C16H24N2O4/c1-15(2,3)17-11(19)7-9(13(17)21)10-8-12(20)18(14(10)22)16(4,5)6/h9-10H,7-8H2,1-6H3. The van der Waals surface area contributed by atoms with Crippen LogP contribution in [0.15, 0.2) is 0 Å². The summed E-state index contributed by atoms with van der Waals surface area (Å²) in [6, 6.07) is 0. The molecule has 0 aliphatic carbocycles. The number of rotatable bonds is 1. The van der Waals surface area contributed by atoms with Gasteiger partial charge in [0.05, 0.1) is 11.8 Å². The van der Waals surface area contributed by atoms with E-state index in [4.69, 9.17) is 0 Å². The Labute approximate surface area is 130 Å². The Balaban J connectivity index is 2.28. The molecule has 2 fully saturated rings. The predicted molar refractivity (Wildman–Crippen MR) is 79.4 cm³/mol. The van der Waals surface area contributed by atoms with E-state index in [1.54, 1.807) is 41.5 Å². The Hall–Kier alpha value is -1.72. The topological polar surface area (TPSA) is 74.8 Å². The maximum Gasteiger partial charge on any atom is 0.234 e. The monoisotopic (exact) mass is 308 g/mol. The molecular weight excluding hydrogens is 284 g/mol. The lowest BCUT2D eigenvalue weighted by Gasteiger charge is -2.31. The molecule has 0 saturated carbocycles. The van der Waals surface area contributed by atoms with Crippen molar-refractivity contribution in [2.24, 2.45) is 11.8 Å². The first kappa shape index (κ1) is 16.6. The van der Waals surface area contributed by atoms with Crippen LogP contribution in [0.1, 0.15) is 54.4 Å². The van der Waals surface area contributed by atoms with Crippen molar-refractivity contribution in [2.45, 2.75) is 65.5 Å². The van der Waals surface area contributed by atoms with Crippen LogP contribution in [0.4, 0.5) is 0 Å². The summed E-state index contributed by atoms with van der Waals surface area (Å²) in [5.74, 6) is -2.63. The Kier molecular flexibility index (Phi) is 3.70. The van der Waals surface area contributed by atoms with Gasteiger partial charge in [0, 0.05) is 23.9 Å². The molecule has 2 unspecified atom stereocenters. The molecule has 6 heteroatoms. The quantitative estimate of drug-likeness (QED) is 0.685. The van der Waals surface area contributed by atoms with E-state index >= 15 is 0 Å². The van der Waals surface area contributed by atoms with Gasteiger partial charge in [-0.15, -0.1) is 0 Å². The Morgan fingerprint density at radius 3 is 1.14 bits per heavy atom. The van der Waals surface area contributed by atoms with Crippen LogP contribution in [0, 0.1) is 11.8 Å². The summed E-state index contributed by atoms with van der Waals surface area (Å²) in [5, 5.41) is 0. The lowest BCUT2D eigenvalue weighted by atomic mass is 9.89. The molecule has 0 spiro atoms. The van der Waals surface area contributed by atoms with E-state index in [-0.39, 0.29) is 36.5 Å². The number of nitrogens with zero attached hydrogens (tertiary/aromatic N) is 2. The van der Waals surface area contributed by atoms with Crippen molar-refractivity contribution in [3.05, 3.63) is 0 Å². The zero-order chi connectivity index (χ0) is 17.0.